The van der Waals surface area contributed by atoms with Crippen molar-refractivity contribution in [2.24, 2.45) is 11.8 Å². The van der Waals surface area contributed by atoms with Crippen LogP contribution in [0.1, 0.15) is 43.2 Å². The van der Waals surface area contributed by atoms with Gasteiger partial charge in [-0.15, -0.1) is 13.2 Å². The zero-order valence-corrected chi connectivity index (χ0v) is 12.7. The largest absolute Gasteiger partial charge is 0.573 e. The van der Waals surface area contributed by atoms with Crippen molar-refractivity contribution in [2.45, 2.75) is 51.8 Å². The van der Waals surface area contributed by atoms with E-state index in [1.54, 1.807) is 13.0 Å². The van der Waals surface area contributed by atoms with Gasteiger partial charge in [0.05, 0.1) is 6.61 Å². The molecular formula is C17H21F3O2. The summed E-state index contributed by atoms with van der Waals surface area (Å²) in [5, 5.41) is 0. The van der Waals surface area contributed by atoms with Gasteiger partial charge >= 0.3 is 6.36 Å². The normalized spacial score (nSPS) is 18.4. The summed E-state index contributed by atoms with van der Waals surface area (Å²) in [6.45, 7) is 2.13. The Hall–Kier alpha value is -1.39. The lowest BCUT2D eigenvalue weighted by atomic mass is 10.0. The lowest BCUT2D eigenvalue weighted by Crippen LogP contribution is -2.19. The van der Waals surface area contributed by atoms with Crippen molar-refractivity contribution in [3.63, 3.8) is 0 Å². The van der Waals surface area contributed by atoms with Crippen molar-refractivity contribution in [1.82, 2.24) is 0 Å². The molecule has 0 unspecified atom stereocenters. The predicted molar refractivity (Wildman–Crippen MR) is 77.1 cm³/mol. The molecule has 0 N–H and O–H groups in total. The minimum absolute atomic E-state index is 0.165. The highest BCUT2D eigenvalue weighted by Gasteiger charge is 2.34. The average Bonchev–Trinajstić information content (AvgIpc) is 3.30. The molecule has 0 amide bonds. The van der Waals surface area contributed by atoms with E-state index in [4.69, 9.17) is 4.74 Å². The predicted octanol–water partition coefficient (Wildman–Crippen LogP) is 5.03. The summed E-state index contributed by atoms with van der Waals surface area (Å²) >= 11 is 0. The first-order valence-electron chi connectivity index (χ1n) is 7.93. The van der Waals surface area contributed by atoms with Crippen molar-refractivity contribution in [1.29, 1.82) is 0 Å². The quantitative estimate of drug-likeness (QED) is 0.703. The van der Waals surface area contributed by atoms with Crippen LogP contribution < -0.4 is 9.47 Å². The van der Waals surface area contributed by atoms with E-state index < -0.39 is 6.36 Å². The van der Waals surface area contributed by atoms with Gasteiger partial charge in [0, 0.05) is 0 Å². The van der Waals surface area contributed by atoms with Crippen LogP contribution in [-0.2, 0) is 6.42 Å². The standard InChI is InChI=1S/C17H21F3O2/c1-11-14(10-13-4-5-13)6-7-15(16(11)22-17(18,19)20)21-9-8-12-2-3-12/h6-7,12-13H,2-5,8-10H2,1H3. The van der Waals surface area contributed by atoms with Crippen molar-refractivity contribution in [3.8, 4) is 11.5 Å². The number of alkyl halides is 3. The maximum Gasteiger partial charge on any atom is 0.573 e. The summed E-state index contributed by atoms with van der Waals surface area (Å²) in [7, 11) is 0. The van der Waals surface area contributed by atoms with Crippen molar-refractivity contribution in [2.75, 3.05) is 6.61 Å². The summed E-state index contributed by atoms with van der Waals surface area (Å²) in [6, 6.07) is 3.50. The van der Waals surface area contributed by atoms with Gasteiger partial charge in [-0.25, -0.2) is 0 Å². The van der Waals surface area contributed by atoms with Gasteiger partial charge in [-0.1, -0.05) is 18.9 Å². The molecule has 2 nitrogen and oxygen atoms in total. The van der Waals surface area contributed by atoms with Crippen LogP contribution in [0.15, 0.2) is 12.1 Å². The Balaban J connectivity index is 1.77. The fourth-order valence-corrected chi connectivity index (χ4v) is 2.66. The Morgan fingerprint density at radius 2 is 1.77 bits per heavy atom. The average molecular weight is 314 g/mol. The van der Waals surface area contributed by atoms with Crippen molar-refractivity contribution in [3.05, 3.63) is 23.3 Å². The number of hydrogen-bond donors (Lipinski definition) is 0. The third-order valence-corrected chi connectivity index (χ3v) is 4.39. The Bertz CT molecular complexity index is 531. The molecule has 0 atom stereocenters. The van der Waals surface area contributed by atoms with E-state index in [0.29, 0.717) is 24.0 Å². The minimum atomic E-state index is -4.70. The van der Waals surface area contributed by atoms with E-state index in [0.717, 1.165) is 31.2 Å². The van der Waals surface area contributed by atoms with Gasteiger partial charge in [0.1, 0.15) is 0 Å². The third kappa shape index (κ3) is 4.31. The van der Waals surface area contributed by atoms with Gasteiger partial charge < -0.3 is 9.47 Å². The number of hydrogen-bond acceptors (Lipinski definition) is 2. The molecule has 22 heavy (non-hydrogen) atoms. The van der Waals surface area contributed by atoms with E-state index in [1.807, 2.05) is 6.07 Å². The summed E-state index contributed by atoms with van der Waals surface area (Å²) in [5.41, 5.74) is 1.48. The SMILES string of the molecule is Cc1c(CC2CC2)ccc(OCCC2CC2)c1OC(F)(F)F. The Morgan fingerprint density at radius 1 is 1.09 bits per heavy atom. The molecule has 2 aliphatic carbocycles. The molecular weight excluding hydrogens is 293 g/mol. The first-order chi connectivity index (χ1) is 10.4. The van der Waals surface area contributed by atoms with E-state index in [1.165, 1.54) is 12.8 Å². The topological polar surface area (TPSA) is 18.5 Å². The molecule has 0 aromatic heterocycles. The molecule has 5 heteroatoms. The molecule has 0 radical (unpaired) electrons. The number of ether oxygens (including phenoxy) is 2. The van der Waals surface area contributed by atoms with Crippen LogP contribution in [0.4, 0.5) is 13.2 Å². The van der Waals surface area contributed by atoms with Crippen LogP contribution in [0.3, 0.4) is 0 Å². The molecule has 0 aliphatic heterocycles. The lowest BCUT2D eigenvalue weighted by molar-refractivity contribution is -0.275. The Kier molecular flexibility index (Phi) is 4.24. The number of benzene rings is 1. The smallest absolute Gasteiger partial charge is 0.490 e. The van der Waals surface area contributed by atoms with Gasteiger partial charge in [-0.3, -0.25) is 0 Å². The molecule has 0 heterocycles. The van der Waals surface area contributed by atoms with E-state index in [-0.39, 0.29) is 11.5 Å². The fraction of sp³-hybridized carbons (Fsp3) is 0.647. The maximum atomic E-state index is 12.7. The monoisotopic (exact) mass is 314 g/mol. The van der Waals surface area contributed by atoms with E-state index >= 15 is 0 Å². The van der Waals surface area contributed by atoms with Gasteiger partial charge in [-0.05, 0) is 61.6 Å². The Morgan fingerprint density at radius 3 is 2.36 bits per heavy atom. The first-order valence-corrected chi connectivity index (χ1v) is 7.93. The highest BCUT2D eigenvalue weighted by atomic mass is 19.4. The second-order valence-corrected chi connectivity index (χ2v) is 6.45. The summed E-state index contributed by atoms with van der Waals surface area (Å²) in [4.78, 5) is 0. The van der Waals surface area contributed by atoms with Crippen LogP contribution >= 0.6 is 0 Å². The maximum absolute atomic E-state index is 12.7. The second kappa shape index (κ2) is 6.01. The molecule has 0 saturated heterocycles. The van der Waals surface area contributed by atoms with E-state index in [2.05, 4.69) is 4.74 Å². The summed E-state index contributed by atoms with van der Waals surface area (Å²) in [5.74, 6) is 1.33. The molecule has 2 saturated carbocycles. The first kappa shape index (κ1) is 15.5. The second-order valence-electron chi connectivity index (χ2n) is 6.45. The Labute approximate surface area is 128 Å². The molecule has 3 rings (SSSR count). The van der Waals surface area contributed by atoms with Crippen LogP contribution in [0, 0.1) is 18.8 Å². The van der Waals surface area contributed by atoms with E-state index in [9.17, 15) is 13.2 Å². The zero-order valence-electron chi connectivity index (χ0n) is 12.7. The third-order valence-electron chi connectivity index (χ3n) is 4.39. The molecule has 2 aliphatic rings. The molecule has 1 aromatic rings. The van der Waals surface area contributed by atoms with Crippen LogP contribution in [0.5, 0.6) is 11.5 Å². The minimum Gasteiger partial charge on any atom is -0.490 e. The van der Waals surface area contributed by atoms with Gasteiger partial charge in [0.15, 0.2) is 11.5 Å². The van der Waals surface area contributed by atoms with Crippen LogP contribution in [0.2, 0.25) is 0 Å². The summed E-state index contributed by atoms with van der Waals surface area (Å²) < 4.78 is 47.9. The molecule has 0 bridgehead atoms. The highest BCUT2D eigenvalue weighted by molar-refractivity contribution is 5.50. The molecule has 2 fully saturated rings. The number of rotatable bonds is 7. The van der Waals surface area contributed by atoms with Crippen molar-refractivity contribution >= 4 is 0 Å². The van der Waals surface area contributed by atoms with Crippen LogP contribution in [-0.4, -0.2) is 13.0 Å². The fourth-order valence-electron chi connectivity index (χ4n) is 2.66. The lowest BCUT2D eigenvalue weighted by Gasteiger charge is -2.18. The summed E-state index contributed by atoms with van der Waals surface area (Å²) in [6.07, 6.45) is 1.75. The van der Waals surface area contributed by atoms with Gasteiger partial charge in [-0.2, -0.15) is 0 Å². The van der Waals surface area contributed by atoms with Crippen molar-refractivity contribution < 1.29 is 22.6 Å². The molecule has 122 valence electrons. The molecule has 0 spiro atoms. The van der Waals surface area contributed by atoms with Crippen LogP contribution in [0.25, 0.3) is 0 Å². The molecule has 1 aromatic carbocycles. The number of halogens is 3. The highest BCUT2D eigenvalue weighted by Crippen LogP contribution is 2.41. The van der Waals surface area contributed by atoms with Gasteiger partial charge in [0.2, 0.25) is 0 Å². The van der Waals surface area contributed by atoms with Gasteiger partial charge in [0.25, 0.3) is 0 Å². The zero-order chi connectivity index (χ0) is 15.7.